The summed E-state index contributed by atoms with van der Waals surface area (Å²) >= 11 is 0. The van der Waals surface area contributed by atoms with Crippen LogP contribution in [0.25, 0.3) is 0 Å². The van der Waals surface area contributed by atoms with Gasteiger partial charge in [-0.2, -0.15) is 0 Å². The van der Waals surface area contributed by atoms with Crippen LogP contribution in [0.1, 0.15) is 32.6 Å². The topological polar surface area (TPSA) is 49.4 Å². The summed E-state index contributed by atoms with van der Waals surface area (Å²) in [5.74, 6) is -0.00787. The minimum absolute atomic E-state index is 0.00787. The van der Waals surface area contributed by atoms with E-state index in [1.165, 1.54) is 6.42 Å². The zero-order valence-electron chi connectivity index (χ0n) is 9.37. The molecule has 0 saturated carbocycles. The van der Waals surface area contributed by atoms with Gasteiger partial charge in [-0.3, -0.25) is 9.69 Å². The first-order valence-electron chi connectivity index (χ1n) is 5.75. The molecule has 0 bridgehead atoms. The van der Waals surface area contributed by atoms with Crippen LogP contribution in [0.4, 0.5) is 0 Å². The Hall–Kier alpha value is -0.900. The van der Waals surface area contributed by atoms with Crippen molar-refractivity contribution < 1.29 is 9.59 Å². The maximum Gasteiger partial charge on any atom is 0.237 e. The molecule has 0 aromatic heterocycles. The van der Waals surface area contributed by atoms with Crippen LogP contribution in [-0.2, 0) is 9.59 Å². The lowest BCUT2D eigenvalue weighted by Crippen LogP contribution is -2.49. The molecule has 0 radical (unpaired) electrons. The van der Waals surface area contributed by atoms with Crippen LogP contribution in [-0.4, -0.2) is 42.8 Å². The Morgan fingerprint density at radius 2 is 2.07 bits per heavy atom. The largest absolute Gasteiger partial charge is 0.355 e. The van der Waals surface area contributed by atoms with Gasteiger partial charge < -0.3 is 10.1 Å². The molecular weight excluding hydrogens is 192 g/mol. The van der Waals surface area contributed by atoms with E-state index in [4.69, 9.17) is 0 Å². The molecule has 1 aliphatic rings. The Morgan fingerprint density at radius 3 is 2.60 bits per heavy atom. The predicted molar refractivity (Wildman–Crippen MR) is 58.6 cm³/mol. The first-order chi connectivity index (χ1) is 7.29. The smallest absolute Gasteiger partial charge is 0.237 e. The third kappa shape index (κ3) is 3.63. The highest BCUT2D eigenvalue weighted by Gasteiger charge is 2.25. The van der Waals surface area contributed by atoms with Gasteiger partial charge in [-0.05, 0) is 32.9 Å². The Labute approximate surface area is 91.0 Å². The molecule has 4 heteroatoms. The molecule has 1 unspecified atom stereocenters. The van der Waals surface area contributed by atoms with Crippen molar-refractivity contribution in [3.05, 3.63) is 0 Å². The van der Waals surface area contributed by atoms with Gasteiger partial charge in [0.1, 0.15) is 6.29 Å². The van der Waals surface area contributed by atoms with Crippen molar-refractivity contribution in [2.45, 2.75) is 38.6 Å². The van der Waals surface area contributed by atoms with Gasteiger partial charge in [0.2, 0.25) is 5.91 Å². The summed E-state index contributed by atoms with van der Waals surface area (Å²) in [5, 5.41) is 2.79. The number of nitrogens with zero attached hydrogens (tertiary/aromatic N) is 1. The number of carbonyl (C=O) groups excluding carboxylic acids is 2. The quantitative estimate of drug-likeness (QED) is 0.678. The molecule has 1 rings (SSSR count). The molecular formula is C11H20N2O2. The normalized spacial score (nSPS) is 19.5. The summed E-state index contributed by atoms with van der Waals surface area (Å²) in [7, 11) is 0. The molecule has 15 heavy (non-hydrogen) atoms. The fraction of sp³-hybridized carbons (Fsp3) is 0.818. The monoisotopic (exact) mass is 212 g/mol. The molecule has 0 aromatic carbocycles. The number of likely N-dealkylation sites (tertiary alicyclic amines) is 1. The summed E-state index contributed by atoms with van der Waals surface area (Å²) < 4.78 is 0. The van der Waals surface area contributed by atoms with Gasteiger partial charge in [0.05, 0.1) is 6.04 Å². The fourth-order valence-corrected chi connectivity index (χ4v) is 2.04. The van der Waals surface area contributed by atoms with Crippen LogP contribution < -0.4 is 5.32 Å². The van der Waals surface area contributed by atoms with Crippen LogP contribution in [0.15, 0.2) is 0 Å². The van der Waals surface area contributed by atoms with Crippen molar-refractivity contribution in [2.24, 2.45) is 0 Å². The van der Waals surface area contributed by atoms with Crippen LogP contribution in [0.5, 0.6) is 0 Å². The van der Waals surface area contributed by atoms with E-state index in [0.29, 0.717) is 13.0 Å². The third-order valence-corrected chi connectivity index (χ3v) is 2.80. The van der Waals surface area contributed by atoms with E-state index in [-0.39, 0.29) is 11.9 Å². The fourth-order valence-electron chi connectivity index (χ4n) is 2.04. The van der Waals surface area contributed by atoms with Crippen molar-refractivity contribution in [3.8, 4) is 0 Å². The second kappa shape index (κ2) is 6.56. The maximum absolute atomic E-state index is 11.7. The van der Waals surface area contributed by atoms with Crippen LogP contribution in [0, 0.1) is 0 Å². The number of piperidine rings is 1. The molecule has 1 aliphatic heterocycles. The van der Waals surface area contributed by atoms with E-state index < -0.39 is 0 Å². The third-order valence-electron chi connectivity index (χ3n) is 2.80. The summed E-state index contributed by atoms with van der Waals surface area (Å²) in [6.45, 7) is 4.40. The molecule has 1 saturated heterocycles. The van der Waals surface area contributed by atoms with Crippen molar-refractivity contribution in [1.29, 1.82) is 0 Å². The Balaban J connectivity index is 2.54. The van der Waals surface area contributed by atoms with E-state index in [2.05, 4.69) is 10.2 Å². The molecule has 1 atom stereocenters. The Morgan fingerprint density at radius 1 is 1.40 bits per heavy atom. The van der Waals surface area contributed by atoms with Crippen molar-refractivity contribution in [3.63, 3.8) is 0 Å². The molecule has 0 aromatic rings. The Bertz CT molecular complexity index is 213. The van der Waals surface area contributed by atoms with Crippen molar-refractivity contribution in [2.75, 3.05) is 19.6 Å². The van der Waals surface area contributed by atoms with E-state index in [0.717, 1.165) is 32.2 Å². The summed E-state index contributed by atoms with van der Waals surface area (Å²) in [4.78, 5) is 24.4. The van der Waals surface area contributed by atoms with Crippen LogP contribution >= 0.6 is 0 Å². The lowest BCUT2D eigenvalue weighted by Gasteiger charge is -2.32. The van der Waals surface area contributed by atoms with E-state index in [9.17, 15) is 9.59 Å². The summed E-state index contributed by atoms with van der Waals surface area (Å²) in [5.41, 5.74) is 0. The molecule has 4 nitrogen and oxygen atoms in total. The van der Waals surface area contributed by atoms with Gasteiger partial charge >= 0.3 is 0 Å². The first kappa shape index (κ1) is 12.2. The van der Waals surface area contributed by atoms with Gasteiger partial charge in [-0.1, -0.05) is 6.42 Å². The lowest BCUT2D eigenvalue weighted by atomic mass is 10.1. The Kier molecular flexibility index (Phi) is 5.32. The zero-order chi connectivity index (χ0) is 11.1. The summed E-state index contributed by atoms with van der Waals surface area (Å²) in [6.07, 6.45) is 4.66. The molecule has 1 amide bonds. The number of hydrogen-bond donors (Lipinski definition) is 1. The molecule has 0 spiro atoms. The highest BCUT2D eigenvalue weighted by atomic mass is 16.2. The minimum atomic E-state index is -0.247. The average Bonchev–Trinajstić information content (AvgIpc) is 2.27. The number of carbonyl (C=O) groups is 2. The molecule has 1 fully saturated rings. The molecule has 0 aliphatic carbocycles. The first-order valence-corrected chi connectivity index (χ1v) is 5.75. The number of aldehydes is 1. The van der Waals surface area contributed by atoms with Crippen molar-refractivity contribution in [1.82, 2.24) is 10.2 Å². The van der Waals surface area contributed by atoms with Crippen molar-refractivity contribution >= 4 is 12.2 Å². The molecule has 1 heterocycles. The number of amides is 1. The highest BCUT2D eigenvalue weighted by molar-refractivity contribution is 5.84. The van der Waals surface area contributed by atoms with Crippen LogP contribution in [0.3, 0.4) is 0 Å². The minimum Gasteiger partial charge on any atom is -0.355 e. The second-order valence-corrected chi connectivity index (χ2v) is 3.91. The number of rotatable bonds is 5. The lowest BCUT2D eigenvalue weighted by molar-refractivity contribution is -0.128. The zero-order valence-corrected chi connectivity index (χ0v) is 9.37. The predicted octanol–water partition coefficient (Wildman–Crippen LogP) is 0.566. The standard InChI is InChI=1S/C11H20N2O2/c1-2-12-11(15)10(6-9-14)13-7-4-3-5-8-13/h9-10H,2-8H2,1H3,(H,12,15). The second-order valence-electron chi connectivity index (χ2n) is 3.91. The van der Waals surface area contributed by atoms with E-state index >= 15 is 0 Å². The number of hydrogen-bond acceptors (Lipinski definition) is 3. The van der Waals surface area contributed by atoms with Gasteiger partial charge in [0, 0.05) is 13.0 Å². The van der Waals surface area contributed by atoms with Crippen LogP contribution in [0.2, 0.25) is 0 Å². The molecule has 86 valence electrons. The van der Waals surface area contributed by atoms with Gasteiger partial charge in [0.25, 0.3) is 0 Å². The van der Waals surface area contributed by atoms with Gasteiger partial charge in [0.15, 0.2) is 0 Å². The SMILES string of the molecule is CCNC(=O)C(CC=O)N1CCCCC1. The summed E-state index contributed by atoms with van der Waals surface area (Å²) in [6, 6.07) is -0.247. The van der Waals surface area contributed by atoms with Gasteiger partial charge in [-0.25, -0.2) is 0 Å². The van der Waals surface area contributed by atoms with E-state index in [1.807, 2.05) is 6.92 Å². The maximum atomic E-state index is 11.7. The molecule has 1 N–H and O–H groups in total. The van der Waals surface area contributed by atoms with E-state index in [1.54, 1.807) is 0 Å². The highest BCUT2D eigenvalue weighted by Crippen LogP contribution is 2.13. The number of likely N-dealkylation sites (N-methyl/N-ethyl adjacent to an activating group) is 1. The average molecular weight is 212 g/mol. The van der Waals surface area contributed by atoms with Gasteiger partial charge in [-0.15, -0.1) is 0 Å². The number of nitrogens with one attached hydrogen (secondary N) is 1.